The van der Waals surface area contributed by atoms with E-state index in [-0.39, 0.29) is 11.6 Å². The Labute approximate surface area is 147 Å². The quantitative estimate of drug-likeness (QED) is 0.666. The number of hydrogen-bond acceptors (Lipinski definition) is 1. The van der Waals surface area contributed by atoms with Crippen molar-refractivity contribution < 1.29 is 26.7 Å². The lowest BCUT2D eigenvalue weighted by molar-refractivity contribution is -0.137. The molecular formula is C19H16F5NO. The predicted molar refractivity (Wildman–Crippen MR) is 85.4 cm³/mol. The Balaban J connectivity index is 1.94. The van der Waals surface area contributed by atoms with Crippen molar-refractivity contribution in [1.29, 1.82) is 0 Å². The molecule has 1 aliphatic carbocycles. The lowest BCUT2D eigenvalue weighted by Crippen LogP contribution is -2.35. The van der Waals surface area contributed by atoms with Gasteiger partial charge in [0.15, 0.2) is 0 Å². The zero-order chi connectivity index (χ0) is 19.1. The zero-order valence-corrected chi connectivity index (χ0v) is 13.9. The summed E-state index contributed by atoms with van der Waals surface area (Å²) in [6.45, 7) is 1.61. The highest BCUT2D eigenvalue weighted by Gasteiger charge is 2.38. The number of carbonyl (C=O) groups excluding carboxylic acids is 1. The Morgan fingerprint density at radius 3 is 2.23 bits per heavy atom. The van der Waals surface area contributed by atoms with Crippen LogP contribution in [0.3, 0.4) is 0 Å². The Bertz CT molecular complexity index is 809. The topological polar surface area (TPSA) is 20.3 Å². The van der Waals surface area contributed by atoms with Gasteiger partial charge in [0.05, 0.1) is 11.6 Å². The minimum atomic E-state index is -4.49. The lowest BCUT2D eigenvalue weighted by atomic mass is 10.0. The summed E-state index contributed by atoms with van der Waals surface area (Å²) in [4.78, 5) is 14.2. The molecule has 0 saturated heterocycles. The maximum absolute atomic E-state index is 13.4. The van der Waals surface area contributed by atoms with Crippen molar-refractivity contribution in [2.24, 2.45) is 0 Å². The van der Waals surface area contributed by atoms with Crippen molar-refractivity contribution in [2.75, 3.05) is 0 Å². The smallest absolute Gasteiger partial charge is 0.329 e. The van der Waals surface area contributed by atoms with Crippen LogP contribution in [0.15, 0.2) is 42.5 Å². The van der Waals surface area contributed by atoms with E-state index in [1.807, 2.05) is 0 Å². The highest BCUT2D eigenvalue weighted by atomic mass is 19.4. The molecule has 0 heterocycles. The minimum absolute atomic E-state index is 0.154. The highest BCUT2D eigenvalue weighted by Crippen LogP contribution is 2.37. The first-order valence-corrected chi connectivity index (χ1v) is 8.12. The molecule has 138 valence electrons. The summed E-state index contributed by atoms with van der Waals surface area (Å²) >= 11 is 0. The molecule has 7 heteroatoms. The molecule has 0 aliphatic heterocycles. The number of rotatable bonds is 4. The fraction of sp³-hybridized carbons (Fsp3) is 0.316. The second-order valence-electron chi connectivity index (χ2n) is 6.40. The van der Waals surface area contributed by atoms with Gasteiger partial charge in [-0.1, -0.05) is 12.1 Å². The minimum Gasteiger partial charge on any atom is -0.329 e. The van der Waals surface area contributed by atoms with E-state index in [0.29, 0.717) is 24.5 Å². The van der Waals surface area contributed by atoms with Crippen LogP contribution in [0, 0.1) is 11.6 Å². The molecule has 26 heavy (non-hydrogen) atoms. The fourth-order valence-electron chi connectivity index (χ4n) is 2.97. The van der Waals surface area contributed by atoms with E-state index in [1.54, 1.807) is 6.92 Å². The summed E-state index contributed by atoms with van der Waals surface area (Å²) in [5.74, 6) is -2.36. The van der Waals surface area contributed by atoms with E-state index in [2.05, 4.69) is 0 Å². The molecular weight excluding hydrogens is 353 g/mol. The molecule has 0 radical (unpaired) electrons. The Morgan fingerprint density at radius 2 is 1.69 bits per heavy atom. The van der Waals surface area contributed by atoms with Gasteiger partial charge in [-0.3, -0.25) is 4.79 Å². The van der Waals surface area contributed by atoms with Gasteiger partial charge in [-0.15, -0.1) is 0 Å². The van der Waals surface area contributed by atoms with Crippen molar-refractivity contribution in [3.05, 3.63) is 70.8 Å². The van der Waals surface area contributed by atoms with E-state index < -0.39 is 35.3 Å². The van der Waals surface area contributed by atoms with Crippen LogP contribution < -0.4 is 0 Å². The summed E-state index contributed by atoms with van der Waals surface area (Å²) in [6, 6.07) is 6.46. The summed E-state index contributed by atoms with van der Waals surface area (Å²) < 4.78 is 65.7. The molecule has 1 atom stereocenters. The van der Waals surface area contributed by atoms with E-state index in [9.17, 15) is 26.7 Å². The lowest BCUT2D eigenvalue weighted by Gasteiger charge is -2.30. The van der Waals surface area contributed by atoms with Gasteiger partial charge in [-0.25, -0.2) is 8.78 Å². The summed E-state index contributed by atoms with van der Waals surface area (Å²) in [7, 11) is 0. The van der Waals surface area contributed by atoms with Crippen molar-refractivity contribution in [3.63, 3.8) is 0 Å². The molecule has 1 aliphatic rings. The number of carbonyl (C=O) groups is 1. The van der Waals surface area contributed by atoms with Gasteiger partial charge in [0.25, 0.3) is 5.91 Å². The van der Waals surface area contributed by atoms with Crippen LogP contribution in [-0.2, 0) is 6.18 Å². The van der Waals surface area contributed by atoms with Gasteiger partial charge in [0, 0.05) is 17.7 Å². The maximum Gasteiger partial charge on any atom is 0.416 e. The Kier molecular flexibility index (Phi) is 4.73. The number of halogens is 5. The summed E-state index contributed by atoms with van der Waals surface area (Å²) in [6.07, 6.45) is -3.09. The van der Waals surface area contributed by atoms with Crippen LogP contribution in [0.25, 0.3) is 0 Å². The standard InChI is InChI=1S/C19H16F5NO/c1-11(12-3-2-4-14(7-12)19(22,23)24)25(17-5-6-17)18(26)13-8-15(20)10-16(21)9-13/h2-4,7-11,17H,5-6H2,1H3/t11-/m1/s1. The van der Waals surface area contributed by atoms with Gasteiger partial charge in [0.1, 0.15) is 11.6 Å². The normalized spacial score (nSPS) is 15.6. The van der Waals surface area contributed by atoms with E-state index in [1.165, 1.54) is 17.0 Å². The average Bonchev–Trinajstić information content (AvgIpc) is 3.38. The number of amides is 1. The number of nitrogens with zero attached hydrogens (tertiary/aromatic N) is 1. The molecule has 2 aromatic rings. The van der Waals surface area contributed by atoms with Gasteiger partial charge in [-0.05, 0) is 49.6 Å². The first-order valence-electron chi connectivity index (χ1n) is 8.12. The molecule has 2 aromatic carbocycles. The molecule has 0 N–H and O–H groups in total. The van der Waals surface area contributed by atoms with E-state index >= 15 is 0 Å². The van der Waals surface area contributed by atoms with Crippen LogP contribution in [0.2, 0.25) is 0 Å². The largest absolute Gasteiger partial charge is 0.416 e. The average molecular weight is 369 g/mol. The third-order valence-corrected chi connectivity index (χ3v) is 4.40. The van der Waals surface area contributed by atoms with Gasteiger partial charge in [-0.2, -0.15) is 13.2 Å². The number of benzene rings is 2. The monoisotopic (exact) mass is 369 g/mol. The summed E-state index contributed by atoms with van der Waals surface area (Å²) in [5, 5.41) is 0. The summed E-state index contributed by atoms with van der Waals surface area (Å²) in [5.41, 5.74) is -0.646. The maximum atomic E-state index is 13.4. The van der Waals surface area contributed by atoms with Crippen LogP contribution in [0.4, 0.5) is 22.0 Å². The van der Waals surface area contributed by atoms with E-state index in [0.717, 1.165) is 24.3 Å². The number of alkyl halides is 3. The van der Waals surface area contributed by atoms with Crippen LogP contribution in [0.5, 0.6) is 0 Å². The molecule has 1 fully saturated rings. The van der Waals surface area contributed by atoms with Gasteiger partial charge >= 0.3 is 6.18 Å². The number of hydrogen-bond donors (Lipinski definition) is 0. The highest BCUT2D eigenvalue weighted by molar-refractivity contribution is 5.95. The SMILES string of the molecule is C[C@H](c1cccc(C(F)(F)F)c1)N(C(=O)c1cc(F)cc(F)c1)C1CC1. The molecule has 1 saturated carbocycles. The van der Waals surface area contributed by atoms with Crippen molar-refractivity contribution in [1.82, 2.24) is 4.90 Å². The Hall–Kier alpha value is -2.44. The fourth-order valence-corrected chi connectivity index (χ4v) is 2.97. The first-order chi connectivity index (χ1) is 12.2. The van der Waals surface area contributed by atoms with Crippen LogP contribution >= 0.6 is 0 Å². The van der Waals surface area contributed by atoms with Crippen molar-refractivity contribution in [3.8, 4) is 0 Å². The Morgan fingerprint density at radius 1 is 1.08 bits per heavy atom. The molecule has 2 nitrogen and oxygen atoms in total. The van der Waals surface area contributed by atoms with Gasteiger partial charge in [0.2, 0.25) is 0 Å². The van der Waals surface area contributed by atoms with E-state index in [4.69, 9.17) is 0 Å². The molecule has 0 bridgehead atoms. The molecule has 3 rings (SSSR count). The van der Waals surface area contributed by atoms with Crippen molar-refractivity contribution in [2.45, 2.75) is 38.0 Å². The van der Waals surface area contributed by atoms with Crippen LogP contribution in [0.1, 0.15) is 47.3 Å². The second kappa shape index (κ2) is 6.70. The van der Waals surface area contributed by atoms with Crippen LogP contribution in [-0.4, -0.2) is 16.8 Å². The molecule has 0 spiro atoms. The van der Waals surface area contributed by atoms with Crippen molar-refractivity contribution >= 4 is 5.91 Å². The molecule has 1 amide bonds. The van der Waals surface area contributed by atoms with Gasteiger partial charge < -0.3 is 4.90 Å². The third-order valence-electron chi connectivity index (χ3n) is 4.40. The predicted octanol–water partition coefficient (Wildman–Crippen LogP) is 5.35. The zero-order valence-electron chi connectivity index (χ0n) is 13.9. The first kappa shape index (κ1) is 18.4. The molecule has 0 aromatic heterocycles. The third kappa shape index (κ3) is 3.86. The second-order valence-corrected chi connectivity index (χ2v) is 6.40. The molecule has 0 unspecified atom stereocenters.